The molecule has 0 spiro atoms. The Morgan fingerprint density at radius 1 is 1.38 bits per heavy atom. The zero-order chi connectivity index (χ0) is 14.8. The van der Waals surface area contributed by atoms with Crippen molar-refractivity contribution in [2.24, 2.45) is 0 Å². The van der Waals surface area contributed by atoms with E-state index < -0.39 is 0 Å². The van der Waals surface area contributed by atoms with Gasteiger partial charge in [0.2, 0.25) is 0 Å². The molecule has 0 radical (unpaired) electrons. The van der Waals surface area contributed by atoms with Crippen LogP contribution < -0.4 is 5.32 Å². The lowest BCUT2D eigenvalue weighted by Gasteiger charge is -2.10. The van der Waals surface area contributed by atoms with Gasteiger partial charge in [-0.05, 0) is 26.0 Å². The largest absolute Gasteiger partial charge is 0.462 e. The molecule has 1 aliphatic heterocycles. The maximum Gasteiger partial charge on any atom is 0.319 e. The molecule has 0 amide bonds. The van der Waals surface area contributed by atoms with Gasteiger partial charge < -0.3 is 10.1 Å². The van der Waals surface area contributed by atoms with Gasteiger partial charge in [0.25, 0.3) is 0 Å². The average Bonchev–Trinajstić information content (AvgIpc) is 2.77. The van der Waals surface area contributed by atoms with Crippen LogP contribution in [0.25, 0.3) is 10.9 Å². The molecule has 1 aliphatic rings. The average molecular weight is 303 g/mol. The number of para-hydroxylation sites is 1. The second-order valence-electron chi connectivity index (χ2n) is 4.99. The van der Waals surface area contributed by atoms with Crippen LogP contribution in [0.4, 0.5) is 5.82 Å². The van der Waals surface area contributed by atoms with E-state index in [2.05, 4.69) is 15.3 Å². The Labute approximate surface area is 127 Å². The summed E-state index contributed by atoms with van der Waals surface area (Å²) in [6.45, 7) is 4.72. The number of esters is 1. The smallest absolute Gasteiger partial charge is 0.319 e. The van der Waals surface area contributed by atoms with Crippen molar-refractivity contribution in [1.29, 1.82) is 0 Å². The first-order chi connectivity index (χ1) is 10.2. The Balaban J connectivity index is 1.93. The van der Waals surface area contributed by atoms with Crippen LogP contribution in [-0.2, 0) is 9.53 Å². The minimum atomic E-state index is -0.212. The number of benzene rings is 1. The van der Waals surface area contributed by atoms with Crippen molar-refractivity contribution in [3.05, 3.63) is 24.3 Å². The van der Waals surface area contributed by atoms with Gasteiger partial charge in [-0.3, -0.25) is 4.79 Å². The number of hydrogen-bond acceptors (Lipinski definition) is 6. The number of anilines is 1. The fourth-order valence-corrected chi connectivity index (χ4v) is 3.42. The fraction of sp³-hybridized carbons (Fsp3) is 0.400. The monoisotopic (exact) mass is 303 g/mol. The zero-order valence-electron chi connectivity index (χ0n) is 12.0. The quantitative estimate of drug-likeness (QED) is 0.692. The van der Waals surface area contributed by atoms with E-state index in [0.29, 0.717) is 11.6 Å². The van der Waals surface area contributed by atoms with E-state index in [-0.39, 0.29) is 17.3 Å². The normalized spacial score (nSPS) is 21.5. The molecular weight excluding hydrogens is 286 g/mol. The highest BCUT2D eigenvalue weighted by Gasteiger charge is 2.33. The number of thioether (sulfide) groups is 1. The lowest BCUT2D eigenvalue weighted by atomic mass is 10.2. The predicted molar refractivity (Wildman–Crippen MR) is 83.5 cm³/mol. The third kappa shape index (κ3) is 2.95. The van der Waals surface area contributed by atoms with Crippen LogP contribution in [0.1, 0.15) is 20.3 Å². The number of fused-ring (bicyclic) bond motifs is 1. The maximum absolute atomic E-state index is 11.7. The number of ether oxygens (including phenoxy) is 1. The molecule has 1 N–H and O–H groups in total. The highest BCUT2D eigenvalue weighted by Crippen LogP contribution is 2.32. The lowest BCUT2D eigenvalue weighted by Crippen LogP contribution is -2.11. The van der Waals surface area contributed by atoms with E-state index in [1.54, 1.807) is 0 Å². The summed E-state index contributed by atoms with van der Waals surface area (Å²) in [5, 5.41) is 4.65. The van der Waals surface area contributed by atoms with Crippen molar-refractivity contribution in [2.45, 2.75) is 36.8 Å². The molecule has 6 heteroatoms. The minimum Gasteiger partial charge on any atom is -0.462 e. The van der Waals surface area contributed by atoms with Gasteiger partial charge in [-0.15, -0.1) is 0 Å². The second kappa shape index (κ2) is 5.89. The number of rotatable bonds is 4. The van der Waals surface area contributed by atoms with E-state index in [9.17, 15) is 4.79 Å². The molecule has 0 aliphatic carbocycles. The summed E-state index contributed by atoms with van der Waals surface area (Å²) in [7, 11) is 0. The molecule has 2 unspecified atom stereocenters. The number of nitrogens with zero attached hydrogens (tertiary/aromatic N) is 2. The molecule has 2 atom stereocenters. The molecule has 2 aromatic rings. The van der Waals surface area contributed by atoms with Gasteiger partial charge in [-0.25, -0.2) is 9.97 Å². The lowest BCUT2D eigenvalue weighted by molar-refractivity contribution is -0.140. The molecule has 0 bridgehead atoms. The highest BCUT2D eigenvalue weighted by atomic mass is 32.2. The summed E-state index contributed by atoms with van der Waals surface area (Å²) in [6, 6.07) is 7.87. The number of nitrogens with one attached hydrogen (secondary N) is 1. The molecule has 21 heavy (non-hydrogen) atoms. The topological polar surface area (TPSA) is 64.1 Å². The van der Waals surface area contributed by atoms with Crippen LogP contribution in [0, 0.1) is 0 Å². The maximum atomic E-state index is 11.7. The number of hydrogen-bond donors (Lipinski definition) is 1. The summed E-state index contributed by atoms with van der Waals surface area (Å²) in [5.41, 5.74) is 0.880. The van der Waals surface area contributed by atoms with Crippen molar-refractivity contribution in [3.8, 4) is 0 Å². The molecule has 2 heterocycles. The highest BCUT2D eigenvalue weighted by molar-refractivity contribution is 8.00. The van der Waals surface area contributed by atoms with Crippen molar-refractivity contribution in [3.63, 3.8) is 0 Å². The number of carbonyl (C=O) groups excluding carboxylic acids is 1. The van der Waals surface area contributed by atoms with Crippen molar-refractivity contribution < 1.29 is 9.53 Å². The Bertz CT molecular complexity index is 677. The van der Waals surface area contributed by atoms with Crippen LogP contribution in [0.15, 0.2) is 29.4 Å². The first-order valence-electron chi connectivity index (χ1n) is 7.05. The van der Waals surface area contributed by atoms with Crippen LogP contribution >= 0.6 is 11.8 Å². The molecule has 0 saturated carbocycles. The second-order valence-corrected chi connectivity index (χ2v) is 6.16. The first kappa shape index (κ1) is 14.1. The summed E-state index contributed by atoms with van der Waals surface area (Å²) in [6.07, 6.45) is 0.680. The van der Waals surface area contributed by atoms with Crippen LogP contribution in [0.5, 0.6) is 0 Å². The molecule has 5 nitrogen and oxygen atoms in total. The van der Waals surface area contributed by atoms with E-state index in [4.69, 9.17) is 4.74 Å². The summed E-state index contributed by atoms with van der Waals surface area (Å²) in [5.74, 6) is 0.638. The Morgan fingerprint density at radius 2 is 2.19 bits per heavy atom. The van der Waals surface area contributed by atoms with E-state index >= 15 is 0 Å². The molecular formula is C15H17N3O2S. The summed E-state index contributed by atoms with van der Waals surface area (Å²) >= 11 is 1.38. The van der Waals surface area contributed by atoms with E-state index in [0.717, 1.165) is 23.3 Å². The fourth-order valence-electron chi connectivity index (χ4n) is 2.35. The van der Waals surface area contributed by atoms with Gasteiger partial charge >= 0.3 is 5.97 Å². The van der Waals surface area contributed by atoms with E-state index in [1.807, 2.05) is 38.1 Å². The molecule has 1 aromatic heterocycles. The van der Waals surface area contributed by atoms with Crippen molar-refractivity contribution in [1.82, 2.24) is 9.97 Å². The Kier molecular flexibility index (Phi) is 3.96. The van der Waals surface area contributed by atoms with Gasteiger partial charge in [0.15, 0.2) is 5.16 Å². The minimum absolute atomic E-state index is 0.0244. The Hall–Kier alpha value is -1.82. The third-order valence-corrected chi connectivity index (χ3v) is 4.36. The zero-order valence-corrected chi connectivity index (χ0v) is 12.8. The van der Waals surface area contributed by atoms with Gasteiger partial charge in [0.05, 0.1) is 5.52 Å². The summed E-state index contributed by atoms with van der Waals surface area (Å²) < 4.78 is 5.18. The van der Waals surface area contributed by atoms with Gasteiger partial charge in [0.1, 0.15) is 17.2 Å². The van der Waals surface area contributed by atoms with Crippen LogP contribution in [0.3, 0.4) is 0 Å². The Morgan fingerprint density at radius 3 is 2.90 bits per heavy atom. The van der Waals surface area contributed by atoms with Crippen LogP contribution in [-0.4, -0.2) is 33.8 Å². The third-order valence-electron chi connectivity index (χ3n) is 3.30. The summed E-state index contributed by atoms with van der Waals surface area (Å²) in [4.78, 5) is 20.8. The van der Waals surface area contributed by atoms with E-state index in [1.165, 1.54) is 11.8 Å². The van der Waals surface area contributed by atoms with Crippen molar-refractivity contribution in [2.75, 3.05) is 11.9 Å². The molecule has 1 fully saturated rings. The standard InChI is InChI=1S/C15H17N3O2S/c1-3-16-13-10-6-4-5-7-11(10)17-15(18-13)21-12-8-9(2)20-14(12)19/h4-7,9,12H,3,8H2,1-2H3,(H,16,17,18). The number of cyclic esters (lactones) is 1. The van der Waals surface area contributed by atoms with Crippen molar-refractivity contribution >= 4 is 34.5 Å². The number of carbonyl (C=O) groups is 1. The molecule has 1 saturated heterocycles. The SMILES string of the molecule is CCNc1nc(SC2CC(C)OC2=O)nc2ccccc12. The number of aromatic nitrogens is 2. The van der Waals surface area contributed by atoms with Gasteiger partial charge in [-0.2, -0.15) is 0 Å². The first-order valence-corrected chi connectivity index (χ1v) is 7.93. The molecule has 3 rings (SSSR count). The molecule has 110 valence electrons. The predicted octanol–water partition coefficient (Wildman–Crippen LogP) is 2.86. The van der Waals surface area contributed by atoms with Gasteiger partial charge in [0, 0.05) is 18.4 Å². The van der Waals surface area contributed by atoms with Gasteiger partial charge in [-0.1, -0.05) is 23.9 Å². The van der Waals surface area contributed by atoms with Crippen LogP contribution in [0.2, 0.25) is 0 Å². The molecule has 1 aromatic carbocycles.